The van der Waals surface area contributed by atoms with Crippen LogP contribution in [0.25, 0.3) is 0 Å². The molecule has 0 aromatic heterocycles. The Morgan fingerprint density at radius 2 is 2.21 bits per heavy atom. The number of primary amides is 1. The summed E-state index contributed by atoms with van der Waals surface area (Å²) in [6.07, 6.45) is 2.77. The highest BCUT2D eigenvalue weighted by molar-refractivity contribution is 5.76. The van der Waals surface area contributed by atoms with Crippen molar-refractivity contribution in [2.75, 3.05) is 13.1 Å². The van der Waals surface area contributed by atoms with Gasteiger partial charge in [0, 0.05) is 0 Å². The Labute approximate surface area is 85.7 Å². The van der Waals surface area contributed by atoms with E-state index in [-0.39, 0.29) is 18.5 Å². The first-order valence-electron chi connectivity index (χ1n) is 5.07. The Bertz CT molecular complexity index is 210. The van der Waals surface area contributed by atoms with Gasteiger partial charge in [-0.3, -0.25) is 9.69 Å². The Balaban J connectivity index is 4.22. The fourth-order valence-corrected chi connectivity index (χ4v) is 1.34. The van der Waals surface area contributed by atoms with Crippen molar-refractivity contribution in [1.29, 1.82) is 5.26 Å². The van der Waals surface area contributed by atoms with Gasteiger partial charge in [-0.15, -0.1) is 0 Å². The third-order valence-corrected chi connectivity index (χ3v) is 2.13. The van der Waals surface area contributed by atoms with E-state index in [9.17, 15) is 4.79 Å². The molecule has 1 unspecified atom stereocenters. The van der Waals surface area contributed by atoms with Gasteiger partial charge in [0.05, 0.1) is 18.7 Å². The Morgan fingerprint density at radius 1 is 1.57 bits per heavy atom. The zero-order valence-corrected chi connectivity index (χ0v) is 8.99. The van der Waals surface area contributed by atoms with E-state index in [1.165, 1.54) is 0 Å². The first-order valence-corrected chi connectivity index (χ1v) is 5.07. The second kappa shape index (κ2) is 7.34. The molecule has 0 radical (unpaired) electrons. The number of nitrogens with two attached hydrogens (primary N) is 1. The fraction of sp³-hybridized carbons (Fsp3) is 0.800. The molecule has 4 heteroatoms. The average Bonchev–Trinajstić information content (AvgIpc) is 2.15. The third kappa shape index (κ3) is 4.83. The minimum atomic E-state index is -0.366. The van der Waals surface area contributed by atoms with E-state index in [0.717, 1.165) is 25.8 Å². The molecule has 0 aromatic rings. The van der Waals surface area contributed by atoms with Gasteiger partial charge in [0.15, 0.2) is 0 Å². The largest absolute Gasteiger partial charge is 0.369 e. The van der Waals surface area contributed by atoms with Crippen molar-refractivity contribution in [3.8, 4) is 6.07 Å². The highest BCUT2D eigenvalue weighted by Gasteiger charge is 2.16. The monoisotopic (exact) mass is 197 g/mol. The topological polar surface area (TPSA) is 70.1 Å². The minimum Gasteiger partial charge on any atom is -0.369 e. The molecule has 14 heavy (non-hydrogen) atoms. The molecule has 0 aliphatic heterocycles. The second-order valence-electron chi connectivity index (χ2n) is 3.34. The summed E-state index contributed by atoms with van der Waals surface area (Å²) < 4.78 is 0. The number of rotatable bonds is 7. The van der Waals surface area contributed by atoms with E-state index in [0.29, 0.717) is 0 Å². The van der Waals surface area contributed by atoms with Crippen LogP contribution in [0.4, 0.5) is 0 Å². The van der Waals surface area contributed by atoms with E-state index in [1.54, 1.807) is 0 Å². The lowest BCUT2D eigenvalue weighted by Crippen LogP contribution is -2.40. The van der Waals surface area contributed by atoms with Gasteiger partial charge in [-0.2, -0.15) is 5.26 Å². The molecule has 2 N–H and O–H groups in total. The Morgan fingerprint density at radius 3 is 2.57 bits per heavy atom. The Kier molecular flexibility index (Phi) is 6.77. The molecule has 0 aliphatic carbocycles. The van der Waals surface area contributed by atoms with Crippen LogP contribution in [0.15, 0.2) is 0 Å². The molecule has 80 valence electrons. The molecule has 1 atom stereocenters. The average molecular weight is 197 g/mol. The van der Waals surface area contributed by atoms with Gasteiger partial charge in [0.1, 0.15) is 0 Å². The minimum absolute atomic E-state index is 0.186. The zero-order valence-electron chi connectivity index (χ0n) is 8.99. The molecule has 0 rings (SSSR count). The van der Waals surface area contributed by atoms with E-state index in [1.807, 2.05) is 11.8 Å². The van der Waals surface area contributed by atoms with Gasteiger partial charge in [0.2, 0.25) is 5.91 Å². The van der Waals surface area contributed by atoms with E-state index < -0.39 is 0 Å². The number of amides is 1. The maximum absolute atomic E-state index is 10.8. The zero-order chi connectivity index (χ0) is 11.0. The maximum atomic E-state index is 10.8. The summed E-state index contributed by atoms with van der Waals surface area (Å²) in [5.41, 5.74) is 5.12. The van der Waals surface area contributed by atoms with Crippen LogP contribution in [-0.4, -0.2) is 29.9 Å². The van der Waals surface area contributed by atoms with Gasteiger partial charge in [-0.05, 0) is 19.4 Å². The predicted octanol–water partition coefficient (Wildman–Crippen LogP) is 0.876. The molecule has 0 spiro atoms. The fourth-order valence-electron chi connectivity index (χ4n) is 1.34. The van der Waals surface area contributed by atoms with Crippen LogP contribution in [-0.2, 0) is 4.79 Å². The van der Waals surface area contributed by atoms with Crippen molar-refractivity contribution in [2.24, 2.45) is 5.73 Å². The lowest BCUT2D eigenvalue weighted by atomic mass is 10.2. The van der Waals surface area contributed by atoms with E-state index >= 15 is 0 Å². The quantitative estimate of drug-likeness (QED) is 0.658. The molecule has 0 saturated heterocycles. The SMILES string of the molecule is CCCCN(CC(N)=O)C(C#N)CC. The summed E-state index contributed by atoms with van der Waals surface area (Å²) in [5.74, 6) is -0.366. The van der Waals surface area contributed by atoms with Crippen LogP contribution in [0.1, 0.15) is 33.1 Å². The molecule has 0 aliphatic rings. The number of hydrogen-bond donors (Lipinski definition) is 1. The lowest BCUT2D eigenvalue weighted by Gasteiger charge is -2.24. The Hall–Kier alpha value is -1.08. The molecule has 0 fully saturated rings. The maximum Gasteiger partial charge on any atom is 0.231 e. The molecular weight excluding hydrogens is 178 g/mol. The third-order valence-electron chi connectivity index (χ3n) is 2.13. The summed E-state index contributed by atoms with van der Waals surface area (Å²) in [6, 6.07) is 2.00. The number of carbonyl (C=O) groups excluding carboxylic acids is 1. The normalized spacial score (nSPS) is 12.4. The summed E-state index contributed by atoms with van der Waals surface area (Å²) in [5, 5.41) is 8.86. The highest BCUT2D eigenvalue weighted by atomic mass is 16.1. The number of carbonyl (C=O) groups is 1. The van der Waals surface area contributed by atoms with Crippen molar-refractivity contribution < 1.29 is 4.79 Å². The van der Waals surface area contributed by atoms with Crippen LogP contribution < -0.4 is 5.73 Å². The second-order valence-corrected chi connectivity index (χ2v) is 3.34. The van der Waals surface area contributed by atoms with Gasteiger partial charge in [-0.1, -0.05) is 20.3 Å². The number of unbranched alkanes of at least 4 members (excludes halogenated alkanes) is 1. The first kappa shape index (κ1) is 12.9. The smallest absolute Gasteiger partial charge is 0.231 e. The molecule has 0 heterocycles. The summed E-state index contributed by atoms with van der Waals surface area (Å²) >= 11 is 0. The van der Waals surface area contributed by atoms with Crippen LogP contribution in [0.5, 0.6) is 0 Å². The van der Waals surface area contributed by atoms with Crippen molar-refractivity contribution in [2.45, 2.75) is 39.2 Å². The van der Waals surface area contributed by atoms with Crippen molar-refractivity contribution in [3.63, 3.8) is 0 Å². The molecule has 0 saturated carbocycles. The van der Waals surface area contributed by atoms with Gasteiger partial charge >= 0.3 is 0 Å². The van der Waals surface area contributed by atoms with Gasteiger partial charge in [0.25, 0.3) is 0 Å². The summed E-state index contributed by atoms with van der Waals surface area (Å²) in [7, 11) is 0. The van der Waals surface area contributed by atoms with Crippen molar-refractivity contribution in [1.82, 2.24) is 4.90 Å². The van der Waals surface area contributed by atoms with Crippen molar-refractivity contribution in [3.05, 3.63) is 0 Å². The predicted molar refractivity (Wildman–Crippen MR) is 55.4 cm³/mol. The number of nitrogens with zero attached hydrogens (tertiary/aromatic N) is 2. The highest BCUT2D eigenvalue weighted by Crippen LogP contribution is 2.04. The van der Waals surface area contributed by atoms with E-state index in [4.69, 9.17) is 11.0 Å². The summed E-state index contributed by atoms with van der Waals surface area (Å²) in [6.45, 7) is 4.97. The van der Waals surface area contributed by atoms with Crippen LogP contribution in [0.2, 0.25) is 0 Å². The standard InChI is InChI=1S/C10H19N3O/c1-3-5-6-13(8-10(12)14)9(4-2)7-11/h9H,3-6,8H2,1-2H3,(H2,12,14). The van der Waals surface area contributed by atoms with Crippen molar-refractivity contribution >= 4 is 5.91 Å². The lowest BCUT2D eigenvalue weighted by molar-refractivity contribution is -0.119. The molecule has 0 bridgehead atoms. The van der Waals surface area contributed by atoms with Crippen LogP contribution in [0, 0.1) is 11.3 Å². The van der Waals surface area contributed by atoms with E-state index in [2.05, 4.69) is 13.0 Å². The number of nitriles is 1. The molecule has 0 aromatic carbocycles. The molecular formula is C10H19N3O. The first-order chi connectivity index (χ1) is 6.65. The van der Waals surface area contributed by atoms with Crippen LogP contribution in [0.3, 0.4) is 0 Å². The molecule has 4 nitrogen and oxygen atoms in total. The number of hydrogen-bond acceptors (Lipinski definition) is 3. The van der Waals surface area contributed by atoms with Gasteiger partial charge < -0.3 is 5.73 Å². The van der Waals surface area contributed by atoms with Gasteiger partial charge in [-0.25, -0.2) is 0 Å². The van der Waals surface area contributed by atoms with Crippen LogP contribution >= 0.6 is 0 Å². The molecule has 1 amide bonds. The summed E-state index contributed by atoms with van der Waals surface area (Å²) in [4.78, 5) is 12.6.